The quantitative estimate of drug-likeness (QED) is 0.767. The highest BCUT2D eigenvalue weighted by molar-refractivity contribution is 5.86. The molecule has 1 aromatic heterocycles. The van der Waals surface area contributed by atoms with Crippen molar-refractivity contribution >= 4 is 11.9 Å². The summed E-state index contributed by atoms with van der Waals surface area (Å²) in [4.78, 5) is 35.8. The maximum Gasteiger partial charge on any atom is 0.326 e. The molecule has 6 nitrogen and oxygen atoms in total. The van der Waals surface area contributed by atoms with Crippen LogP contribution >= 0.6 is 0 Å². The van der Waals surface area contributed by atoms with Gasteiger partial charge in [0.15, 0.2) is 0 Å². The van der Waals surface area contributed by atoms with Crippen LogP contribution in [0.25, 0.3) is 0 Å². The van der Waals surface area contributed by atoms with Crippen LogP contribution < -0.4 is 10.9 Å². The number of hydrogen-bond donors (Lipinski definition) is 2. The van der Waals surface area contributed by atoms with Crippen molar-refractivity contribution in [1.29, 1.82) is 0 Å². The molecule has 0 saturated heterocycles. The van der Waals surface area contributed by atoms with Gasteiger partial charge in [0.2, 0.25) is 5.91 Å². The Labute approximate surface area is 130 Å². The lowest BCUT2D eigenvalue weighted by Gasteiger charge is -2.23. The van der Waals surface area contributed by atoms with Gasteiger partial charge in [0.05, 0.1) is 0 Å². The number of carboxylic acids is 1. The predicted molar refractivity (Wildman–Crippen MR) is 83.9 cm³/mol. The first-order valence-electron chi connectivity index (χ1n) is 7.63. The maximum absolute atomic E-state index is 12.5. The zero-order valence-electron chi connectivity index (χ0n) is 13.3. The normalized spacial score (nSPS) is 13.4. The van der Waals surface area contributed by atoms with Gasteiger partial charge in [0.1, 0.15) is 12.1 Å². The van der Waals surface area contributed by atoms with E-state index in [0.717, 1.165) is 0 Å². The summed E-state index contributed by atoms with van der Waals surface area (Å²) >= 11 is 0. The van der Waals surface area contributed by atoms with E-state index in [0.29, 0.717) is 31.4 Å². The third-order valence-electron chi connectivity index (χ3n) is 3.56. The number of nitrogens with one attached hydrogen (secondary N) is 1. The molecule has 0 bridgehead atoms. The number of aryl methyl sites for hydroxylation is 1. The minimum Gasteiger partial charge on any atom is -0.480 e. The topological polar surface area (TPSA) is 88.4 Å². The lowest BCUT2D eigenvalue weighted by Crippen LogP contribution is -2.45. The molecule has 0 aliphatic rings. The van der Waals surface area contributed by atoms with Crippen molar-refractivity contribution < 1.29 is 14.7 Å². The predicted octanol–water partition coefficient (Wildman–Crippen LogP) is 1.87. The molecule has 1 amide bonds. The Balaban J connectivity index is 3.07. The Morgan fingerprint density at radius 2 is 1.86 bits per heavy atom. The molecular weight excluding hydrogens is 284 g/mol. The van der Waals surface area contributed by atoms with Crippen LogP contribution in [0.4, 0.5) is 0 Å². The molecule has 0 aliphatic heterocycles. The van der Waals surface area contributed by atoms with E-state index < -0.39 is 24.0 Å². The van der Waals surface area contributed by atoms with Crippen molar-refractivity contribution in [3.05, 3.63) is 34.2 Å². The SMILES string of the molecule is CCCC(NC(=O)C(CCC)n1c(C)cccc1=O)C(=O)O. The molecule has 0 fully saturated rings. The fraction of sp³-hybridized carbons (Fsp3) is 0.562. The van der Waals surface area contributed by atoms with E-state index >= 15 is 0 Å². The summed E-state index contributed by atoms with van der Waals surface area (Å²) in [5.74, 6) is -1.47. The molecule has 0 aromatic carbocycles. The summed E-state index contributed by atoms with van der Waals surface area (Å²) in [5.41, 5.74) is 0.430. The van der Waals surface area contributed by atoms with E-state index in [1.807, 2.05) is 13.8 Å². The fourth-order valence-corrected chi connectivity index (χ4v) is 2.47. The first-order chi connectivity index (χ1) is 10.4. The van der Waals surface area contributed by atoms with E-state index in [1.54, 1.807) is 19.1 Å². The first kappa shape index (κ1) is 17.9. The van der Waals surface area contributed by atoms with Crippen LogP contribution in [0.3, 0.4) is 0 Å². The number of carbonyl (C=O) groups excluding carboxylic acids is 1. The number of pyridine rings is 1. The minimum atomic E-state index is -1.05. The zero-order valence-corrected chi connectivity index (χ0v) is 13.3. The van der Waals surface area contributed by atoms with Crippen molar-refractivity contribution in [2.45, 2.75) is 58.5 Å². The van der Waals surface area contributed by atoms with E-state index in [4.69, 9.17) is 5.11 Å². The summed E-state index contributed by atoms with van der Waals surface area (Å²) in [6, 6.07) is 3.21. The van der Waals surface area contributed by atoms with Crippen molar-refractivity contribution in [3.8, 4) is 0 Å². The Kier molecular flexibility index (Phi) is 6.82. The number of nitrogens with zero attached hydrogens (tertiary/aromatic N) is 1. The van der Waals surface area contributed by atoms with Crippen LogP contribution in [0, 0.1) is 6.92 Å². The van der Waals surface area contributed by atoms with Crippen LogP contribution in [-0.4, -0.2) is 27.6 Å². The Bertz CT molecular complexity index is 580. The van der Waals surface area contributed by atoms with Gasteiger partial charge in [0.25, 0.3) is 5.56 Å². The molecule has 1 aromatic rings. The van der Waals surface area contributed by atoms with Crippen molar-refractivity contribution in [1.82, 2.24) is 9.88 Å². The number of amides is 1. The Hall–Kier alpha value is -2.11. The third-order valence-corrected chi connectivity index (χ3v) is 3.56. The fourth-order valence-electron chi connectivity index (χ4n) is 2.47. The average molecular weight is 308 g/mol. The van der Waals surface area contributed by atoms with Crippen LogP contribution in [0.15, 0.2) is 23.0 Å². The molecule has 0 spiro atoms. The van der Waals surface area contributed by atoms with E-state index in [9.17, 15) is 14.4 Å². The van der Waals surface area contributed by atoms with Crippen molar-refractivity contribution in [3.63, 3.8) is 0 Å². The highest BCUT2D eigenvalue weighted by atomic mass is 16.4. The monoisotopic (exact) mass is 308 g/mol. The lowest BCUT2D eigenvalue weighted by molar-refractivity contribution is -0.142. The second kappa shape index (κ2) is 8.36. The number of carboxylic acid groups (broad SMARTS) is 1. The second-order valence-electron chi connectivity index (χ2n) is 5.37. The van der Waals surface area contributed by atoms with E-state index in [-0.39, 0.29) is 5.56 Å². The van der Waals surface area contributed by atoms with E-state index in [1.165, 1.54) is 10.6 Å². The number of rotatable bonds is 8. The van der Waals surface area contributed by atoms with Gasteiger partial charge in [-0.15, -0.1) is 0 Å². The highest BCUT2D eigenvalue weighted by Crippen LogP contribution is 2.15. The maximum atomic E-state index is 12.5. The average Bonchev–Trinajstić information content (AvgIpc) is 2.45. The van der Waals surface area contributed by atoms with Gasteiger partial charge in [-0.2, -0.15) is 0 Å². The minimum absolute atomic E-state index is 0.254. The van der Waals surface area contributed by atoms with Crippen LogP contribution in [0.5, 0.6) is 0 Å². The molecular formula is C16H24N2O4. The van der Waals surface area contributed by atoms with Gasteiger partial charge in [-0.3, -0.25) is 9.59 Å². The Morgan fingerprint density at radius 3 is 2.36 bits per heavy atom. The highest BCUT2D eigenvalue weighted by Gasteiger charge is 2.26. The molecule has 2 N–H and O–H groups in total. The van der Waals surface area contributed by atoms with Crippen LogP contribution in [-0.2, 0) is 9.59 Å². The van der Waals surface area contributed by atoms with Gasteiger partial charge in [-0.1, -0.05) is 32.8 Å². The Morgan fingerprint density at radius 1 is 1.23 bits per heavy atom. The van der Waals surface area contributed by atoms with Crippen LogP contribution in [0.2, 0.25) is 0 Å². The summed E-state index contributed by atoms with van der Waals surface area (Å²) < 4.78 is 1.43. The number of hydrogen-bond acceptors (Lipinski definition) is 3. The summed E-state index contributed by atoms with van der Waals surface area (Å²) in [6.45, 7) is 5.54. The summed E-state index contributed by atoms with van der Waals surface area (Å²) in [5, 5.41) is 11.7. The molecule has 0 aliphatic carbocycles. The molecule has 2 atom stereocenters. The molecule has 0 radical (unpaired) electrons. The summed E-state index contributed by atoms with van der Waals surface area (Å²) in [7, 11) is 0. The standard InChI is InChI=1S/C16H24N2O4/c1-4-7-12(16(21)22)17-15(20)13(8-5-2)18-11(3)9-6-10-14(18)19/h6,9-10,12-13H,4-5,7-8H2,1-3H3,(H,17,20)(H,21,22). The smallest absolute Gasteiger partial charge is 0.326 e. The number of aromatic nitrogens is 1. The number of carbonyl (C=O) groups is 2. The first-order valence-corrected chi connectivity index (χ1v) is 7.63. The second-order valence-corrected chi connectivity index (χ2v) is 5.37. The molecule has 2 unspecified atom stereocenters. The largest absolute Gasteiger partial charge is 0.480 e. The van der Waals surface area contributed by atoms with Crippen molar-refractivity contribution in [2.24, 2.45) is 0 Å². The molecule has 1 heterocycles. The molecule has 1 rings (SSSR count). The molecule has 122 valence electrons. The zero-order chi connectivity index (χ0) is 16.7. The van der Waals surface area contributed by atoms with Gasteiger partial charge < -0.3 is 15.0 Å². The van der Waals surface area contributed by atoms with Gasteiger partial charge in [0, 0.05) is 11.8 Å². The van der Waals surface area contributed by atoms with E-state index in [2.05, 4.69) is 5.32 Å². The molecule has 0 saturated carbocycles. The summed E-state index contributed by atoms with van der Waals surface area (Å²) in [6.07, 6.45) is 2.21. The van der Waals surface area contributed by atoms with Gasteiger partial charge in [-0.05, 0) is 25.8 Å². The van der Waals surface area contributed by atoms with Gasteiger partial charge in [-0.25, -0.2) is 4.79 Å². The number of aliphatic carboxylic acids is 1. The lowest BCUT2D eigenvalue weighted by atomic mass is 10.1. The van der Waals surface area contributed by atoms with Crippen molar-refractivity contribution in [2.75, 3.05) is 0 Å². The molecule has 22 heavy (non-hydrogen) atoms. The third kappa shape index (κ3) is 4.44. The van der Waals surface area contributed by atoms with Crippen LogP contribution in [0.1, 0.15) is 51.3 Å². The molecule has 6 heteroatoms. The van der Waals surface area contributed by atoms with Gasteiger partial charge >= 0.3 is 5.97 Å².